The summed E-state index contributed by atoms with van der Waals surface area (Å²) in [5.74, 6) is 1.15. The van der Waals surface area contributed by atoms with Crippen LogP contribution in [0, 0.1) is 0 Å². The van der Waals surface area contributed by atoms with E-state index in [9.17, 15) is 0 Å². The maximum Gasteiger partial charge on any atom is 0.179 e. The number of methoxy groups -OCH3 is 2. The van der Waals surface area contributed by atoms with E-state index in [1.165, 1.54) is 0 Å². The first kappa shape index (κ1) is 16.3. The molecule has 0 saturated heterocycles. The molecule has 2 aromatic rings. The summed E-state index contributed by atoms with van der Waals surface area (Å²) in [6, 6.07) is 9.40. The fourth-order valence-corrected chi connectivity index (χ4v) is 2.69. The number of anilines is 1. The van der Waals surface area contributed by atoms with Crippen LogP contribution in [0.4, 0.5) is 5.69 Å². The van der Waals surface area contributed by atoms with Crippen LogP contribution in [0.5, 0.6) is 11.5 Å². The summed E-state index contributed by atoms with van der Waals surface area (Å²) in [4.78, 5) is 0. The van der Waals surface area contributed by atoms with Crippen molar-refractivity contribution in [2.24, 2.45) is 0 Å². The lowest BCUT2D eigenvalue weighted by molar-refractivity contribution is 0.355. The van der Waals surface area contributed by atoms with E-state index in [2.05, 4.69) is 21.2 Å². The van der Waals surface area contributed by atoms with Gasteiger partial charge in [0.1, 0.15) is 0 Å². The molecule has 0 spiro atoms. The lowest BCUT2D eigenvalue weighted by Crippen LogP contribution is -2.01. The Morgan fingerprint density at radius 3 is 2.43 bits per heavy atom. The maximum atomic E-state index is 6.18. The first-order chi connectivity index (χ1) is 10.0. The number of hydrogen-bond donors (Lipinski definition) is 1. The largest absolute Gasteiger partial charge is 0.493 e. The lowest BCUT2D eigenvalue weighted by Gasteiger charge is -2.13. The van der Waals surface area contributed by atoms with Crippen molar-refractivity contribution in [1.82, 2.24) is 0 Å². The average Bonchev–Trinajstić information content (AvgIpc) is 2.47. The molecule has 0 aliphatic rings. The summed E-state index contributed by atoms with van der Waals surface area (Å²) in [5.41, 5.74) is 1.95. The van der Waals surface area contributed by atoms with Crippen LogP contribution in [0.25, 0.3) is 0 Å². The van der Waals surface area contributed by atoms with Crippen molar-refractivity contribution in [2.45, 2.75) is 6.54 Å². The molecule has 0 unspecified atom stereocenters. The van der Waals surface area contributed by atoms with Crippen molar-refractivity contribution in [3.05, 3.63) is 50.4 Å². The highest BCUT2D eigenvalue weighted by Crippen LogP contribution is 2.36. The van der Waals surface area contributed by atoms with Gasteiger partial charge in [0.15, 0.2) is 11.5 Å². The van der Waals surface area contributed by atoms with Crippen LogP contribution < -0.4 is 14.8 Å². The van der Waals surface area contributed by atoms with Crippen molar-refractivity contribution >= 4 is 44.8 Å². The Morgan fingerprint density at radius 2 is 1.81 bits per heavy atom. The first-order valence-corrected chi connectivity index (χ1v) is 7.69. The van der Waals surface area contributed by atoms with Crippen LogP contribution in [0.15, 0.2) is 34.8 Å². The molecule has 0 aromatic heterocycles. The summed E-state index contributed by atoms with van der Waals surface area (Å²) in [7, 11) is 3.15. The Kier molecular flexibility index (Phi) is 5.62. The van der Waals surface area contributed by atoms with Gasteiger partial charge in [-0.1, -0.05) is 23.2 Å². The Morgan fingerprint density at radius 1 is 1.05 bits per heavy atom. The van der Waals surface area contributed by atoms with Gasteiger partial charge in [-0.25, -0.2) is 0 Å². The van der Waals surface area contributed by atoms with E-state index < -0.39 is 0 Å². The zero-order chi connectivity index (χ0) is 15.4. The smallest absolute Gasteiger partial charge is 0.179 e. The zero-order valence-corrected chi connectivity index (χ0v) is 14.6. The molecule has 0 bridgehead atoms. The van der Waals surface area contributed by atoms with Gasteiger partial charge in [-0.3, -0.25) is 0 Å². The molecule has 0 fully saturated rings. The average molecular weight is 391 g/mol. The molecule has 21 heavy (non-hydrogen) atoms. The minimum atomic E-state index is 0.519. The minimum Gasteiger partial charge on any atom is -0.493 e. The molecule has 2 rings (SSSR count). The van der Waals surface area contributed by atoms with E-state index in [1.807, 2.05) is 30.3 Å². The summed E-state index contributed by atoms with van der Waals surface area (Å²) < 4.78 is 11.3. The van der Waals surface area contributed by atoms with Crippen LogP contribution in [0.2, 0.25) is 10.0 Å². The van der Waals surface area contributed by atoms with Crippen LogP contribution in [0.3, 0.4) is 0 Å². The van der Waals surface area contributed by atoms with Gasteiger partial charge < -0.3 is 14.8 Å². The zero-order valence-electron chi connectivity index (χ0n) is 11.5. The predicted molar refractivity (Wildman–Crippen MR) is 91.0 cm³/mol. The van der Waals surface area contributed by atoms with Crippen molar-refractivity contribution in [2.75, 3.05) is 19.5 Å². The number of rotatable bonds is 5. The van der Waals surface area contributed by atoms with Crippen molar-refractivity contribution in [3.63, 3.8) is 0 Å². The van der Waals surface area contributed by atoms with E-state index >= 15 is 0 Å². The maximum absolute atomic E-state index is 6.18. The van der Waals surface area contributed by atoms with Gasteiger partial charge in [0.25, 0.3) is 0 Å². The molecule has 0 aliphatic heterocycles. The number of halogens is 3. The topological polar surface area (TPSA) is 30.5 Å². The SMILES string of the molecule is COc1cc(CNc2ccc(Cl)c(Br)c2)cc(Cl)c1OC. The van der Waals surface area contributed by atoms with E-state index in [0.717, 1.165) is 15.7 Å². The third kappa shape index (κ3) is 3.96. The third-order valence-corrected chi connectivity index (χ3v) is 4.40. The van der Waals surface area contributed by atoms with E-state index in [1.54, 1.807) is 14.2 Å². The quantitative estimate of drug-likeness (QED) is 0.742. The van der Waals surface area contributed by atoms with Crippen LogP contribution in [0.1, 0.15) is 5.56 Å². The Bertz CT molecular complexity index is 650. The summed E-state index contributed by atoms with van der Waals surface area (Å²) >= 11 is 15.5. The van der Waals surface area contributed by atoms with Gasteiger partial charge in [0.05, 0.1) is 24.3 Å². The van der Waals surface area contributed by atoms with Crippen molar-refractivity contribution < 1.29 is 9.47 Å². The van der Waals surface area contributed by atoms with Gasteiger partial charge in [-0.05, 0) is 51.8 Å². The fourth-order valence-electron chi connectivity index (χ4n) is 1.88. The number of ether oxygens (including phenoxy) is 2. The predicted octanol–water partition coefficient (Wildman–Crippen LogP) is 5.39. The Balaban J connectivity index is 2.16. The minimum absolute atomic E-state index is 0.519. The second-order valence-electron chi connectivity index (χ2n) is 4.30. The standard InChI is InChI=1S/C15H14BrCl2NO2/c1-20-14-6-9(5-13(18)15(14)21-2)8-19-10-3-4-12(17)11(16)7-10/h3-7,19H,8H2,1-2H3. The van der Waals surface area contributed by atoms with Gasteiger partial charge in [-0.15, -0.1) is 0 Å². The van der Waals surface area contributed by atoms with Crippen molar-refractivity contribution in [1.29, 1.82) is 0 Å². The van der Waals surface area contributed by atoms with Crippen LogP contribution >= 0.6 is 39.1 Å². The molecule has 112 valence electrons. The Labute approximate surface area is 142 Å². The Hall–Kier alpha value is -1.10. The van der Waals surface area contributed by atoms with Crippen LogP contribution in [-0.4, -0.2) is 14.2 Å². The molecular formula is C15H14BrCl2NO2. The summed E-state index contributed by atoms with van der Waals surface area (Å²) in [5, 5.41) is 4.50. The lowest BCUT2D eigenvalue weighted by atomic mass is 10.2. The third-order valence-electron chi connectivity index (χ3n) is 2.91. The van der Waals surface area contributed by atoms with Crippen LogP contribution in [-0.2, 0) is 6.54 Å². The summed E-state index contributed by atoms with van der Waals surface area (Å²) in [6.45, 7) is 0.605. The molecule has 1 N–H and O–H groups in total. The highest BCUT2D eigenvalue weighted by atomic mass is 79.9. The van der Waals surface area contributed by atoms with Gasteiger partial charge >= 0.3 is 0 Å². The van der Waals surface area contributed by atoms with E-state index in [4.69, 9.17) is 32.7 Å². The van der Waals surface area contributed by atoms with Gasteiger partial charge in [-0.2, -0.15) is 0 Å². The molecule has 0 aliphatic carbocycles. The normalized spacial score (nSPS) is 10.3. The first-order valence-electron chi connectivity index (χ1n) is 6.14. The fraction of sp³-hybridized carbons (Fsp3) is 0.200. The molecular weight excluding hydrogens is 377 g/mol. The molecule has 2 aromatic carbocycles. The second-order valence-corrected chi connectivity index (χ2v) is 5.96. The molecule has 0 amide bonds. The molecule has 0 heterocycles. The molecule has 0 radical (unpaired) electrons. The van der Waals surface area contributed by atoms with E-state index in [0.29, 0.717) is 28.1 Å². The highest BCUT2D eigenvalue weighted by Gasteiger charge is 2.10. The molecule has 3 nitrogen and oxygen atoms in total. The van der Waals surface area contributed by atoms with E-state index in [-0.39, 0.29) is 0 Å². The second kappa shape index (κ2) is 7.25. The number of hydrogen-bond acceptors (Lipinski definition) is 3. The highest BCUT2D eigenvalue weighted by molar-refractivity contribution is 9.10. The van der Waals surface area contributed by atoms with Crippen molar-refractivity contribution in [3.8, 4) is 11.5 Å². The molecule has 0 atom stereocenters. The van der Waals surface area contributed by atoms with Gasteiger partial charge in [0, 0.05) is 16.7 Å². The molecule has 6 heteroatoms. The van der Waals surface area contributed by atoms with Gasteiger partial charge in [0.2, 0.25) is 0 Å². The number of nitrogens with one attached hydrogen (secondary N) is 1. The summed E-state index contributed by atoms with van der Waals surface area (Å²) in [6.07, 6.45) is 0. The monoisotopic (exact) mass is 389 g/mol. The molecule has 0 saturated carbocycles. The number of benzene rings is 2.